The normalized spacial score (nSPS) is 17.7. The quantitative estimate of drug-likeness (QED) is 0.0595. The van der Waals surface area contributed by atoms with E-state index in [2.05, 4.69) is 10.6 Å². The van der Waals surface area contributed by atoms with Gasteiger partial charge in [-0.3, -0.25) is 18.7 Å². The summed E-state index contributed by atoms with van der Waals surface area (Å²) in [7, 11) is -1.79. The first-order valence-corrected chi connectivity index (χ1v) is 19.9. The Morgan fingerprint density at radius 2 is 1.52 bits per heavy atom. The summed E-state index contributed by atoms with van der Waals surface area (Å²) in [5.41, 5.74) is 6.68. The van der Waals surface area contributed by atoms with E-state index in [4.69, 9.17) is 24.7 Å². The zero-order valence-electron chi connectivity index (χ0n) is 31.7. The zero-order chi connectivity index (χ0) is 40.2. The van der Waals surface area contributed by atoms with Crippen LogP contribution >= 0.6 is 0 Å². The summed E-state index contributed by atoms with van der Waals surface area (Å²) >= 11 is 0. The van der Waals surface area contributed by atoms with Crippen LogP contribution in [0.25, 0.3) is 0 Å². The van der Waals surface area contributed by atoms with E-state index in [9.17, 15) is 28.2 Å². The van der Waals surface area contributed by atoms with E-state index in [0.29, 0.717) is 29.8 Å². The molecule has 5 rings (SSSR count). The average Bonchev–Trinajstić information content (AvgIpc) is 3.17. The first-order valence-electron chi connectivity index (χ1n) is 18.5. The Hall–Kier alpha value is -5.54. The van der Waals surface area contributed by atoms with Gasteiger partial charge in [0, 0.05) is 12.1 Å². The molecule has 298 valence electrons. The third kappa shape index (κ3) is 11.3. The Morgan fingerprint density at radius 3 is 2.12 bits per heavy atom. The summed E-state index contributed by atoms with van der Waals surface area (Å²) in [5.74, 6) is -2.07. The minimum absolute atomic E-state index is 0.141. The Labute approximate surface area is 328 Å². The van der Waals surface area contributed by atoms with Gasteiger partial charge in [-0.1, -0.05) is 85.6 Å². The first kappa shape index (κ1) is 41.6. The molecule has 2 heterocycles. The van der Waals surface area contributed by atoms with Crippen molar-refractivity contribution in [3.63, 3.8) is 0 Å². The molecule has 3 aromatic carbocycles. The molecule has 2 aliphatic heterocycles. The number of alkyl carbamates (subject to hydrolysis) is 1. The topological polar surface area (TPSA) is 193 Å². The van der Waals surface area contributed by atoms with E-state index in [1.165, 1.54) is 12.1 Å². The van der Waals surface area contributed by atoms with Crippen molar-refractivity contribution in [1.82, 2.24) is 15.5 Å². The smallest absolute Gasteiger partial charge is 0.448 e. The minimum atomic E-state index is -1.79. The molecule has 0 radical (unpaired) electrons. The largest absolute Gasteiger partial charge is 0.514 e. The minimum Gasteiger partial charge on any atom is -0.448 e. The number of carbonyl (C=O) groups excluding carboxylic acids is 5. The van der Waals surface area contributed by atoms with E-state index in [1.54, 1.807) is 32.9 Å². The lowest BCUT2D eigenvalue weighted by atomic mass is 10.0. The molecule has 3 amide bonds. The van der Waals surface area contributed by atoms with E-state index in [0.717, 1.165) is 30.6 Å². The number of nitrogens with zero attached hydrogens (tertiary/aromatic N) is 1. The molecular formula is C41H48N4O10S. The fourth-order valence-corrected chi connectivity index (χ4v) is 7.84. The van der Waals surface area contributed by atoms with Crippen LogP contribution in [0.15, 0.2) is 96.2 Å². The summed E-state index contributed by atoms with van der Waals surface area (Å²) in [4.78, 5) is 66.9. The van der Waals surface area contributed by atoms with Crippen LogP contribution in [0.2, 0.25) is 0 Å². The molecule has 0 saturated carbocycles. The summed E-state index contributed by atoms with van der Waals surface area (Å²) in [6, 6.07) is 23.2. The van der Waals surface area contributed by atoms with Crippen LogP contribution in [0.3, 0.4) is 0 Å². The molecule has 4 N–H and O–H groups in total. The van der Waals surface area contributed by atoms with E-state index < -0.39 is 70.6 Å². The molecule has 0 bridgehead atoms. The second kappa shape index (κ2) is 19.4. The Kier molecular flexibility index (Phi) is 14.4. The van der Waals surface area contributed by atoms with Crippen LogP contribution in [0.5, 0.6) is 5.75 Å². The SMILES string of the molecule is CC(C)(C)OC(=O)Oc1ccc(CC(=O)N[C@@H]2C(=O)N3C(C(=O)OC(c4ccccc4)c4ccccc4)=C(COC(=O)NCCCCCCN)CS(=O)[C@H]23)cc1. The highest BCUT2D eigenvalue weighted by molar-refractivity contribution is 7.86. The van der Waals surface area contributed by atoms with Crippen LogP contribution in [0.4, 0.5) is 9.59 Å². The highest BCUT2D eigenvalue weighted by atomic mass is 32.2. The monoisotopic (exact) mass is 788 g/mol. The van der Waals surface area contributed by atoms with E-state index in [1.807, 2.05) is 60.7 Å². The van der Waals surface area contributed by atoms with Gasteiger partial charge in [0.05, 0.1) is 23.0 Å². The summed E-state index contributed by atoms with van der Waals surface area (Å²) in [6.45, 7) is 5.69. The van der Waals surface area contributed by atoms with Gasteiger partial charge in [-0.15, -0.1) is 0 Å². The fourth-order valence-electron chi connectivity index (χ4n) is 6.17. The molecule has 14 nitrogen and oxygen atoms in total. The van der Waals surface area contributed by atoms with E-state index >= 15 is 0 Å². The lowest BCUT2D eigenvalue weighted by Crippen LogP contribution is -2.73. The molecule has 2 aliphatic rings. The van der Waals surface area contributed by atoms with Gasteiger partial charge in [0.1, 0.15) is 35.1 Å². The van der Waals surface area contributed by atoms with Crippen molar-refractivity contribution in [2.24, 2.45) is 5.73 Å². The molecule has 3 atom stereocenters. The maximum absolute atomic E-state index is 14.2. The third-order valence-electron chi connectivity index (χ3n) is 8.80. The van der Waals surface area contributed by atoms with Gasteiger partial charge >= 0.3 is 18.2 Å². The number of amides is 3. The first-order chi connectivity index (χ1) is 26.8. The van der Waals surface area contributed by atoms with Gasteiger partial charge in [-0.2, -0.15) is 0 Å². The predicted octanol–water partition coefficient (Wildman–Crippen LogP) is 4.79. The molecule has 56 heavy (non-hydrogen) atoms. The molecule has 0 aliphatic carbocycles. The lowest BCUT2D eigenvalue weighted by Gasteiger charge is -2.49. The van der Waals surface area contributed by atoms with Crippen LogP contribution in [-0.4, -0.2) is 81.6 Å². The number of nitrogens with two attached hydrogens (primary N) is 1. The summed E-state index contributed by atoms with van der Waals surface area (Å²) in [5, 5.41) is 4.27. The van der Waals surface area contributed by atoms with Crippen molar-refractivity contribution in [2.75, 3.05) is 25.4 Å². The van der Waals surface area contributed by atoms with Crippen LogP contribution in [0.1, 0.15) is 69.2 Å². The predicted molar refractivity (Wildman–Crippen MR) is 207 cm³/mol. The van der Waals surface area contributed by atoms with Crippen molar-refractivity contribution in [3.8, 4) is 5.75 Å². The highest BCUT2D eigenvalue weighted by Crippen LogP contribution is 2.37. The Balaban J connectivity index is 1.31. The average molecular weight is 789 g/mol. The molecule has 1 saturated heterocycles. The van der Waals surface area contributed by atoms with Crippen LogP contribution in [0, 0.1) is 0 Å². The maximum atomic E-state index is 14.2. The van der Waals surface area contributed by atoms with Crippen molar-refractivity contribution in [2.45, 2.75) is 76.0 Å². The van der Waals surface area contributed by atoms with Crippen LogP contribution < -0.4 is 21.1 Å². The van der Waals surface area contributed by atoms with Crippen LogP contribution in [-0.2, 0) is 45.8 Å². The van der Waals surface area contributed by atoms with Crippen molar-refractivity contribution in [3.05, 3.63) is 113 Å². The number of nitrogens with one attached hydrogen (secondary N) is 2. The second-order valence-electron chi connectivity index (χ2n) is 14.3. The lowest BCUT2D eigenvalue weighted by molar-refractivity contribution is -0.155. The van der Waals surface area contributed by atoms with Gasteiger partial charge in [-0.05, 0) is 69.0 Å². The number of unbranched alkanes of at least 4 members (excludes halogenated alkanes) is 3. The number of fused-ring (bicyclic) bond motifs is 1. The van der Waals surface area contributed by atoms with Crippen molar-refractivity contribution < 1.29 is 47.1 Å². The number of ether oxygens (including phenoxy) is 4. The van der Waals surface area contributed by atoms with Gasteiger partial charge < -0.3 is 35.3 Å². The summed E-state index contributed by atoms with van der Waals surface area (Å²) in [6.07, 6.45) is 0.849. The number of β-lactam (4-membered cyclic amide) rings is 1. The number of hydrogen-bond donors (Lipinski definition) is 3. The Morgan fingerprint density at radius 1 is 0.893 bits per heavy atom. The zero-order valence-corrected chi connectivity index (χ0v) is 32.5. The van der Waals surface area contributed by atoms with Gasteiger partial charge in [0.15, 0.2) is 6.10 Å². The van der Waals surface area contributed by atoms with Gasteiger partial charge in [-0.25, -0.2) is 14.4 Å². The van der Waals surface area contributed by atoms with Crippen molar-refractivity contribution in [1.29, 1.82) is 0 Å². The summed E-state index contributed by atoms with van der Waals surface area (Å²) < 4.78 is 35.6. The molecule has 0 aromatic heterocycles. The molecular weight excluding hydrogens is 741 g/mol. The number of esters is 1. The third-order valence-corrected chi connectivity index (χ3v) is 10.5. The number of hydrogen-bond acceptors (Lipinski definition) is 11. The number of carbonyl (C=O) groups is 5. The molecule has 3 aromatic rings. The van der Waals surface area contributed by atoms with Gasteiger partial charge in [0.25, 0.3) is 5.91 Å². The molecule has 1 fully saturated rings. The van der Waals surface area contributed by atoms with E-state index in [-0.39, 0.29) is 29.2 Å². The van der Waals surface area contributed by atoms with Crippen molar-refractivity contribution >= 4 is 40.8 Å². The molecule has 1 unspecified atom stereocenters. The fraction of sp³-hybridized carbons (Fsp3) is 0.390. The maximum Gasteiger partial charge on any atom is 0.514 e. The standard InChI is InChI=1S/C41H48N4O10S/c1-41(2,3)55-40(50)53-31-20-18-27(19-21-31)24-32(46)44-33-36(47)45-34(38(48)54-35(28-14-8-6-9-15-28)29-16-10-7-11-17-29)30(26-56(51)37(33)45)25-52-39(49)43-23-13-5-4-12-22-42/h6-11,14-21,33,35,37H,4-5,12-13,22-26,42H2,1-3H3,(H,43,49)(H,44,46)/t33-,37-,56?/m1/s1. The number of rotatable bonds is 16. The molecule has 0 spiro atoms. The second-order valence-corrected chi connectivity index (χ2v) is 15.9. The highest BCUT2D eigenvalue weighted by Gasteiger charge is 2.57. The Bertz CT molecular complexity index is 1880. The number of benzene rings is 3. The molecule has 15 heteroatoms. The van der Waals surface area contributed by atoms with Gasteiger partial charge in [0.2, 0.25) is 5.91 Å².